The van der Waals surface area contributed by atoms with Crippen molar-refractivity contribution in [2.75, 3.05) is 6.54 Å². The summed E-state index contributed by atoms with van der Waals surface area (Å²) in [6.07, 6.45) is 5.90. The van der Waals surface area contributed by atoms with E-state index in [-0.39, 0.29) is 6.54 Å². The summed E-state index contributed by atoms with van der Waals surface area (Å²) in [6, 6.07) is 0. The minimum absolute atomic E-state index is 0.247. The zero-order valence-corrected chi connectivity index (χ0v) is 6.63. The van der Waals surface area contributed by atoms with Gasteiger partial charge in [-0.3, -0.25) is 4.79 Å². The van der Waals surface area contributed by atoms with Gasteiger partial charge < -0.3 is 10.4 Å². The molecule has 0 aliphatic heterocycles. The number of aliphatic hydroxyl groups is 1. The zero-order chi connectivity index (χ0) is 8.69. The van der Waals surface area contributed by atoms with Gasteiger partial charge in [-0.2, -0.15) is 0 Å². The predicted octanol–water partition coefficient (Wildman–Crippen LogP) is -0.103. The Kier molecular flexibility index (Phi) is 5.22. The maximum Gasteiger partial charge on any atom is 0.295 e. The Labute approximate surface area is 66.8 Å². The molecule has 0 aliphatic rings. The summed E-state index contributed by atoms with van der Waals surface area (Å²) >= 11 is 0. The number of nitrogens with one attached hydrogen (secondary N) is 1. The Morgan fingerprint density at radius 2 is 2.45 bits per heavy atom. The van der Waals surface area contributed by atoms with Crippen molar-refractivity contribution < 1.29 is 9.90 Å². The van der Waals surface area contributed by atoms with Crippen LogP contribution in [0, 0.1) is 12.3 Å². The molecule has 0 heterocycles. The molecule has 0 saturated carbocycles. The van der Waals surface area contributed by atoms with Crippen molar-refractivity contribution >= 4 is 5.91 Å². The normalized spacial score (nSPS) is 11.7. The average Bonchev–Trinajstić information content (AvgIpc) is 2.01. The van der Waals surface area contributed by atoms with Gasteiger partial charge in [-0.15, -0.1) is 6.42 Å². The second-order valence-corrected chi connectivity index (χ2v) is 2.30. The Balaban J connectivity index is 3.39. The molecular formula is C8H13NO2. The van der Waals surface area contributed by atoms with Crippen LogP contribution in [0.3, 0.4) is 0 Å². The van der Waals surface area contributed by atoms with E-state index >= 15 is 0 Å². The third-order valence-corrected chi connectivity index (χ3v) is 1.25. The van der Waals surface area contributed by atoms with Gasteiger partial charge in [0.2, 0.25) is 0 Å². The number of carbonyl (C=O) groups is 1. The van der Waals surface area contributed by atoms with Crippen LogP contribution in [0.1, 0.15) is 19.8 Å². The molecule has 1 unspecified atom stereocenters. The Hall–Kier alpha value is -1.01. The van der Waals surface area contributed by atoms with Crippen LogP contribution in [0.5, 0.6) is 0 Å². The van der Waals surface area contributed by atoms with Crippen LogP contribution >= 0.6 is 0 Å². The molecule has 0 aromatic rings. The van der Waals surface area contributed by atoms with Gasteiger partial charge >= 0.3 is 0 Å². The summed E-state index contributed by atoms with van der Waals surface area (Å²) < 4.78 is 0. The molecule has 62 valence electrons. The lowest BCUT2D eigenvalue weighted by Crippen LogP contribution is -2.30. The predicted molar refractivity (Wildman–Crippen MR) is 42.8 cm³/mol. The lowest BCUT2D eigenvalue weighted by Gasteiger charge is -2.07. The highest BCUT2D eigenvalue weighted by molar-refractivity contribution is 5.92. The smallest absolute Gasteiger partial charge is 0.295 e. The minimum Gasteiger partial charge on any atom is -0.391 e. The average molecular weight is 155 g/mol. The van der Waals surface area contributed by atoms with Crippen LogP contribution in [0.25, 0.3) is 0 Å². The summed E-state index contributed by atoms with van der Waals surface area (Å²) in [6.45, 7) is 2.21. The van der Waals surface area contributed by atoms with Crippen molar-refractivity contribution in [2.24, 2.45) is 0 Å². The first-order valence-corrected chi connectivity index (χ1v) is 3.63. The van der Waals surface area contributed by atoms with Crippen molar-refractivity contribution in [3.05, 3.63) is 0 Å². The molecule has 0 spiro atoms. The number of amides is 1. The fraction of sp³-hybridized carbons (Fsp3) is 0.625. The number of carbonyl (C=O) groups excluding carboxylic acids is 1. The SMILES string of the molecule is C#CC(=O)NCC(O)CCC. The summed E-state index contributed by atoms with van der Waals surface area (Å²) in [5.41, 5.74) is 0. The molecule has 2 N–H and O–H groups in total. The van der Waals surface area contributed by atoms with Crippen molar-refractivity contribution in [2.45, 2.75) is 25.9 Å². The number of aliphatic hydroxyl groups excluding tert-OH is 1. The summed E-state index contributed by atoms with van der Waals surface area (Å²) in [4.78, 5) is 10.5. The summed E-state index contributed by atoms with van der Waals surface area (Å²) in [5, 5.41) is 11.5. The van der Waals surface area contributed by atoms with Gasteiger partial charge in [0, 0.05) is 6.54 Å². The van der Waals surface area contributed by atoms with E-state index in [1.54, 1.807) is 0 Å². The fourth-order valence-corrected chi connectivity index (χ4v) is 0.697. The van der Waals surface area contributed by atoms with Crippen molar-refractivity contribution in [3.63, 3.8) is 0 Å². The van der Waals surface area contributed by atoms with Crippen LogP contribution in [0.4, 0.5) is 0 Å². The highest BCUT2D eigenvalue weighted by Crippen LogP contribution is 1.93. The third-order valence-electron chi connectivity index (χ3n) is 1.25. The van der Waals surface area contributed by atoms with Crippen molar-refractivity contribution in [1.82, 2.24) is 5.32 Å². The van der Waals surface area contributed by atoms with E-state index in [0.29, 0.717) is 6.42 Å². The molecule has 1 atom stereocenters. The molecule has 0 radical (unpaired) electrons. The van der Waals surface area contributed by atoms with Gasteiger partial charge in [0.25, 0.3) is 5.91 Å². The quantitative estimate of drug-likeness (QED) is 0.557. The van der Waals surface area contributed by atoms with Crippen LogP contribution < -0.4 is 5.32 Å². The van der Waals surface area contributed by atoms with E-state index in [4.69, 9.17) is 11.5 Å². The van der Waals surface area contributed by atoms with Gasteiger partial charge in [0.15, 0.2) is 0 Å². The van der Waals surface area contributed by atoms with Gasteiger partial charge in [0.1, 0.15) is 0 Å². The number of hydrogen-bond acceptors (Lipinski definition) is 2. The second kappa shape index (κ2) is 5.75. The first-order valence-electron chi connectivity index (χ1n) is 3.63. The Bertz CT molecular complexity index is 160. The van der Waals surface area contributed by atoms with Gasteiger partial charge in [-0.25, -0.2) is 0 Å². The van der Waals surface area contributed by atoms with E-state index in [1.165, 1.54) is 0 Å². The van der Waals surface area contributed by atoms with E-state index in [0.717, 1.165) is 6.42 Å². The molecule has 1 amide bonds. The number of hydrogen-bond donors (Lipinski definition) is 2. The van der Waals surface area contributed by atoms with E-state index in [1.807, 2.05) is 12.8 Å². The minimum atomic E-state index is -0.475. The fourth-order valence-electron chi connectivity index (χ4n) is 0.697. The van der Waals surface area contributed by atoms with E-state index in [9.17, 15) is 4.79 Å². The molecular weight excluding hydrogens is 142 g/mol. The summed E-state index contributed by atoms with van der Waals surface area (Å²) in [5.74, 6) is 1.43. The van der Waals surface area contributed by atoms with Crippen LogP contribution in [0.2, 0.25) is 0 Å². The van der Waals surface area contributed by atoms with Crippen molar-refractivity contribution in [1.29, 1.82) is 0 Å². The highest BCUT2D eigenvalue weighted by atomic mass is 16.3. The lowest BCUT2D eigenvalue weighted by molar-refractivity contribution is -0.116. The standard InChI is InChI=1S/C8H13NO2/c1-3-5-7(10)6-9-8(11)4-2/h2,7,10H,3,5-6H2,1H3,(H,9,11). The number of rotatable bonds is 4. The largest absolute Gasteiger partial charge is 0.391 e. The van der Waals surface area contributed by atoms with Crippen LogP contribution in [-0.4, -0.2) is 23.7 Å². The molecule has 0 aromatic carbocycles. The first kappa shape index (κ1) is 9.99. The Morgan fingerprint density at radius 1 is 1.82 bits per heavy atom. The molecule has 3 nitrogen and oxygen atoms in total. The molecule has 0 rings (SSSR count). The maximum absolute atomic E-state index is 10.5. The van der Waals surface area contributed by atoms with Crippen LogP contribution in [-0.2, 0) is 4.79 Å². The van der Waals surface area contributed by atoms with Crippen molar-refractivity contribution in [3.8, 4) is 12.3 Å². The maximum atomic E-state index is 10.5. The molecule has 3 heteroatoms. The first-order chi connectivity index (χ1) is 5.20. The monoisotopic (exact) mass is 155 g/mol. The van der Waals surface area contributed by atoms with Crippen LogP contribution in [0.15, 0.2) is 0 Å². The Morgan fingerprint density at radius 3 is 2.91 bits per heavy atom. The van der Waals surface area contributed by atoms with E-state index < -0.39 is 12.0 Å². The topological polar surface area (TPSA) is 49.3 Å². The second-order valence-electron chi connectivity index (χ2n) is 2.30. The molecule has 0 saturated heterocycles. The molecule has 0 fully saturated rings. The third kappa shape index (κ3) is 5.43. The van der Waals surface area contributed by atoms with Gasteiger partial charge in [-0.1, -0.05) is 13.3 Å². The van der Waals surface area contributed by atoms with Gasteiger partial charge in [0.05, 0.1) is 6.10 Å². The molecule has 11 heavy (non-hydrogen) atoms. The van der Waals surface area contributed by atoms with E-state index in [2.05, 4.69) is 5.32 Å². The van der Waals surface area contributed by atoms with Gasteiger partial charge in [-0.05, 0) is 12.3 Å². The molecule has 0 aromatic heterocycles. The molecule has 0 aliphatic carbocycles. The highest BCUT2D eigenvalue weighted by Gasteiger charge is 2.02. The molecule has 0 bridgehead atoms. The number of terminal acetylenes is 1. The zero-order valence-electron chi connectivity index (χ0n) is 6.63. The lowest BCUT2D eigenvalue weighted by atomic mass is 10.2. The summed E-state index contributed by atoms with van der Waals surface area (Å²) in [7, 11) is 0.